The first-order valence-corrected chi connectivity index (χ1v) is 6.84. The minimum atomic E-state index is -0.0815. The smallest absolute Gasteiger partial charge is 0.218 e. The van der Waals surface area contributed by atoms with E-state index in [0.717, 1.165) is 18.7 Å². The van der Waals surface area contributed by atoms with Crippen LogP contribution < -0.4 is 10.1 Å². The maximum atomic E-state index is 5.67. The first kappa shape index (κ1) is 15.9. The van der Waals surface area contributed by atoms with E-state index in [9.17, 15) is 0 Å². The maximum Gasteiger partial charge on any atom is 0.218 e. The largest absolute Gasteiger partial charge is 0.475 e. The second-order valence-corrected chi connectivity index (χ2v) is 5.77. The van der Waals surface area contributed by atoms with E-state index in [-0.39, 0.29) is 11.7 Å². The Kier molecular flexibility index (Phi) is 6.25. The molecule has 0 aliphatic carbocycles. The van der Waals surface area contributed by atoms with Gasteiger partial charge in [0.2, 0.25) is 5.88 Å². The number of pyridine rings is 1. The molecule has 0 aliphatic rings. The van der Waals surface area contributed by atoms with E-state index in [1.807, 2.05) is 26.0 Å². The fourth-order valence-electron chi connectivity index (χ4n) is 1.54. The van der Waals surface area contributed by atoms with Gasteiger partial charge in [-0.1, -0.05) is 6.07 Å². The summed E-state index contributed by atoms with van der Waals surface area (Å²) in [4.78, 5) is 4.26. The van der Waals surface area contributed by atoms with Crippen LogP contribution in [0.3, 0.4) is 0 Å². The van der Waals surface area contributed by atoms with Gasteiger partial charge in [0.05, 0.1) is 18.3 Å². The maximum absolute atomic E-state index is 5.67. The van der Waals surface area contributed by atoms with Gasteiger partial charge >= 0.3 is 0 Å². The molecule has 0 saturated heterocycles. The van der Waals surface area contributed by atoms with Gasteiger partial charge in [-0.05, 0) is 40.7 Å². The zero-order valence-electron chi connectivity index (χ0n) is 12.7. The van der Waals surface area contributed by atoms with Crippen molar-refractivity contribution in [1.82, 2.24) is 10.3 Å². The molecule has 0 bridgehead atoms. The van der Waals surface area contributed by atoms with Crippen LogP contribution in [0.1, 0.15) is 40.2 Å². The van der Waals surface area contributed by atoms with Crippen molar-refractivity contribution >= 4 is 0 Å². The van der Waals surface area contributed by atoms with Gasteiger partial charge in [0.1, 0.15) is 0 Å². The van der Waals surface area contributed by atoms with Crippen molar-refractivity contribution in [1.29, 1.82) is 0 Å². The van der Waals surface area contributed by atoms with E-state index in [4.69, 9.17) is 9.47 Å². The highest BCUT2D eigenvalue weighted by Gasteiger charge is 2.09. The third kappa shape index (κ3) is 7.13. The van der Waals surface area contributed by atoms with Gasteiger partial charge in [0, 0.05) is 24.8 Å². The summed E-state index contributed by atoms with van der Waals surface area (Å²) in [5, 5.41) is 3.34. The monoisotopic (exact) mass is 266 g/mol. The summed E-state index contributed by atoms with van der Waals surface area (Å²) in [6.45, 7) is 12.4. The number of hydrogen-bond acceptors (Lipinski definition) is 4. The molecule has 1 rings (SSSR count). The van der Waals surface area contributed by atoms with Gasteiger partial charge in [0.25, 0.3) is 0 Å². The minimum Gasteiger partial charge on any atom is -0.475 e. The summed E-state index contributed by atoms with van der Waals surface area (Å²) in [7, 11) is 0. The third-order valence-corrected chi connectivity index (χ3v) is 2.33. The zero-order valence-corrected chi connectivity index (χ0v) is 12.7. The Morgan fingerprint density at radius 2 is 2.05 bits per heavy atom. The average Bonchev–Trinajstić information content (AvgIpc) is 2.28. The van der Waals surface area contributed by atoms with Gasteiger partial charge in [-0.15, -0.1) is 0 Å². The van der Waals surface area contributed by atoms with Crippen molar-refractivity contribution in [2.45, 2.75) is 52.9 Å². The van der Waals surface area contributed by atoms with Crippen LogP contribution in [0.4, 0.5) is 0 Å². The molecule has 1 aromatic heterocycles. The predicted octanol–water partition coefficient (Wildman–Crippen LogP) is 2.77. The summed E-state index contributed by atoms with van der Waals surface area (Å²) in [6, 6.07) is 3.96. The highest BCUT2D eigenvalue weighted by molar-refractivity contribution is 5.25. The first-order chi connectivity index (χ1) is 8.88. The van der Waals surface area contributed by atoms with Crippen LogP contribution in [0.5, 0.6) is 5.88 Å². The summed E-state index contributed by atoms with van der Waals surface area (Å²) in [6.07, 6.45) is 1.89. The van der Waals surface area contributed by atoms with Crippen LogP contribution >= 0.6 is 0 Å². The Labute approximate surface area is 116 Å². The Morgan fingerprint density at radius 3 is 2.68 bits per heavy atom. The quantitative estimate of drug-likeness (QED) is 0.771. The summed E-state index contributed by atoms with van der Waals surface area (Å²) in [5.41, 5.74) is 0.994. The molecule has 1 heterocycles. The molecule has 0 atom stereocenters. The topological polar surface area (TPSA) is 43.4 Å². The molecular formula is C15H26N2O2. The molecule has 0 aliphatic heterocycles. The normalized spacial score (nSPS) is 11.9. The number of nitrogens with one attached hydrogen (secondary N) is 1. The number of nitrogens with zero attached hydrogens (tertiary/aromatic N) is 1. The third-order valence-electron chi connectivity index (χ3n) is 2.33. The van der Waals surface area contributed by atoms with Crippen molar-refractivity contribution in [3.8, 4) is 5.88 Å². The standard InChI is InChI=1S/C15H26N2O2/c1-12(2)19-14-13(7-6-8-17-14)11-16-9-10-18-15(3,4)5/h6-8,12,16H,9-11H2,1-5H3. The van der Waals surface area contributed by atoms with Crippen LogP contribution in [0.25, 0.3) is 0 Å². The first-order valence-electron chi connectivity index (χ1n) is 6.84. The van der Waals surface area contributed by atoms with Gasteiger partial charge < -0.3 is 14.8 Å². The molecule has 0 fully saturated rings. The van der Waals surface area contributed by atoms with Gasteiger partial charge in [-0.2, -0.15) is 0 Å². The van der Waals surface area contributed by atoms with E-state index in [2.05, 4.69) is 31.1 Å². The van der Waals surface area contributed by atoms with Crippen molar-refractivity contribution in [3.63, 3.8) is 0 Å². The number of ether oxygens (including phenoxy) is 2. The second-order valence-electron chi connectivity index (χ2n) is 5.77. The molecule has 108 valence electrons. The summed E-state index contributed by atoms with van der Waals surface area (Å²) in [5.74, 6) is 0.710. The molecular weight excluding hydrogens is 240 g/mol. The Balaban J connectivity index is 2.36. The lowest BCUT2D eigenvalue weighted by Gasteiger charge is -2.19. The minimum absolute atomic E-state index is 0.0815. The second kappa shape index (κ2) is 7.46. The van der Waals surface area contributed by atoms with Crippen LogP contribution in [-0.2, 0) is 11.3 Å². The molecule has 1 aromatic rings. The molecule has 0 unspecified atom stereocenters. The number of rotatable bonds is 7. The van der Waals surface area contributed by atoms with E-state index < -0.39 is 0 Å². The fourth-order valence-corrected chi connectivity index (χ4v) is 1.54. The van der Waals surface area contributed by atoms with Gasteiger partial charge in [-0.25, -0.2) is 4.98 Å². The highest BCUT2D eigenvalue weighted by Crippen LogP contribution is 2.15. The van der Waals surface area contributed by atoms with E-state index in [0.29, 0.717) is 12.5 Å². The van der Waals surface area contributed by atoms with Gasteiger partial charge in [-0.3, -0.25) is 0 Å². The van der Waals surface area contributed by atoms with Crippen molar-refractivity contribution in [3.05, 3.63) is 23.9 Å². The van der Waals surface area contributed by atoms with Crippen molar-refractivity contribution in [2.75, 3.05) is 13.2 Å². The van der Waals surface area contributed by atoms with E-state index in [1.165, 1.54) is 0 Å². The number of aromatic nitrogens is 1. The SMILES string of the molecule is CC(C)Oc1ncccc1CNCCOC(C)(C)C. The van der Waals surface area contributed by atoms with E-state index in [1.54, 1.807) is 6.20 Å². The summed E-state index contributed by atoms with van der Waals surface area (Å²) < 4.78 is 11.3. The zero-order chi connectivity index (χ0) is 14.3. The molecule has 0 aromatic carbocycles. The molecule has 0 saturated carbocycles. The van der Waals surface area contributed by atoms with Gasteiger partial charge in [0.15, 0.2) is 0 Å². The molecule has 4 heteroatoms. The number of hydrogen-bond donors (Lipinski definition) is 1. The molecule has 4 nitrogen and oxygen atoms in total. The Hall–Kier alpha value is -1.13. The van der Waals surface area contributed by atoms with Crippen molar-refractivity contribution in [2.24, 2.45) is 0 Å². The lowest BCUT2D eigenvalue weighted by atomic mass is 10.2. The molecule has 0 radical (unpaired) electrons. The fraction of sp³-hybridized carbons (Fsp3) is 0.667. The van der Waals surface area contributed by atoms with Crippen LogP contribution in [0.15, 0.2) is 18.3 Å². The summed E-state index contributed by atoms with van der Waals surface area (Å²) >= 11 is 0. The molecule has 0 amide bonds. The van der Waals surface area contributed by atoms with Crippen molar-refractivity contribution < 1.29 is 9.47 Å². The van der Waals surface area contributed by atoms with E-state index >= 15 is 0 Å². The highest BCUT2D eigenvalue weighted by atomic mass is 16.5. The molecule has 0 spiro atoms. The van der Waals surface area contributed by atoms with Crippen LogP contribution in [-0.4, -0.2) is 29.8 Å². The lowest BCUT2D eigenvalue weighted by molar-refractivity contribution is -0.000914. The lowest BCUT2D eigenvalue weighted by Crippen LogP contribution is -2.26. The Bertz CT molecular complexity index is 373. The van der Waals surface area contributed by atoms with Crippen LogP contribution in [0, 0.1) is 0 Å². The predicted molar refractivity (Wildman–Crippen MR) is 77.4 cm³/mol. The Morgan fingerprint density at radius 1 is 1.32 bits per heavy atom. The molecule has 19 heavy (non-hydrogen) atoms. The van der Waals surface area contributed by atoms with Crippen LogP contribution in [0.2, 0.25) is 0 Å². The average molecular weight is 266 g/mol. The molecule has 1 N–H and O–H groups in total.